The van der Waals surface area contributed by atoms with Crippen molar-refractivity contribution in [1.29, 1.82) is 0 Å². The molecule has 2 unspecified atom stereocenters. The maximum absolute atomic E-state index is 11.6. The lowest BCUT2D eigenvalue weighted by Gasteiger charge is -2.19. The molecule has 0 saturated carbocycles. The molecule has 0 saturated heterocycles. The first-order chi connectivity index (χ1) is 16.7. The SMILES string of the molecule is CCCCCCCCCCCCCCCCCCCCC/C=C/C(O)C(CO)NC(=O)CCC. The first-order valence-corrected chi connectivity index (χ1v) is 14.9. The van der Waals surface area contributed by atoms with Crippen LogP contribution in [-0.2, 0) is 4.79 Å². The Morgan fingerprint density at radius 3 is 1.47 bits per heavy atom. The van der Waals surface area contributed by atoms with Gasteiger partial charge in [0.15, 0.2) is 0 Å². The molecule has 0 aliphatic carbocycles. The van der Waals surface area contributed by atoms with Crippen molar-refractivity contribution in [2.45, 2.75) is 167 Å². The van der Waals surface area contributed by atoms with E-state index in [1.165, 1.54) is 116 Å². The molecule has 1 amide bonds. The van der Waals surface area contributed by atoms with Crippen molar-refractivity contribution in [1.82, 2.24) is 5.32 Å². The van der Waals surface area contributed by atoms with Crippen LogP contribution in [0.3, 0.4) is 0 Å². The van der Waals surface area contributed by atoms with Gasteiger partial charge in [0, 0.05) is 6.42 Å². The number of carbonyl (C=O) groups excluding carboxylic acids is 1. The maximum Gasteiger partial charge on any atom is 0.220 e. The summed E-state index contributed by atoms with van der Waals surface area (Å²) < 4.78 is 0. The Labute approximate surface area is 212 Å². The van der Waals surface area contributed by atoms with Gasteiger partial charge < -0.3 is 15.5 Å². The zero-order chi connectivity index (χ0) is 25.1. The van der Waals surface area contributed by atoms with E-state index in [4.69, 9.17) is 0 Å². The molecule has 0 aromatic rings. The number of amides is 1. The minimum absolute atomic E-state index is 0.118. The van der Waals surface area contributed by atoms with Crippen molar-refractivity contribution < 1.29 is 15.0 Å². The van der Waals surface area contributed by atoms with Crippen LogP contribution in [0.1, 0.15) is 155 Å². The second-order valence-corrected chi connectivity index (χ2v) is 10.2. The molecular weight excluding hydrogens is 422 g/mol. The Hall–Kier alpha value is -0.870. The number of unbranched alkanes of at least 4 members (excludes halogenated alkanes) is 19. The van der Waals surface area contributed by atoms with Gasteiger partial charge in [0.25, 0.3) is 0 Å². The summed E-state index contributed by atoms with van der Waals surface area (Å²) in [6.45, 7) is 3.97. The molecule has 0 aromatic heterocycles. The molecular formula is C30H59NO3. The van der Waals surface area contributed by atoms with Gasteiger partial charge in [-0.2, -0.15) is 0 Å². The molecule has 2 atom stereocenters. The van der Waals surface area contributed by atoms with E-state index in [-0.39, 0.29) is 12.5 Å². The molecule has 0 fully saturated rings. The second kappa shape index (κ2) is 26.7. The summed E-state index contributed by atoms with van der Waals surface area (Å²) in [4.78, 5) is 11.6. The highest BCUT2D eigenvalue weighted by atomic mass is 16.3. The highest BCUT2D eigenvalue weighted by Gasteiger charge is 2.17. The second-order valence-electron chi connectivity index (χ2n) is 10.2. The number of rotatable bonds is 26. The lowest BCUT2D eigenvalue weighted by Crippen LogP contribution is -2.45. The molecule has 0 aromatic carbocycles. The standard InChI is InChI=1S/C30H59NO3/c1-3-5-6-7-8-9-10-11-12-13-14-15-16-17-18-19-20-21-22-23-24-26-29(33)28(27-32)31-30(34)25-4-2/h24,26,28-29,32-33H,3-23,25,27H2,1-2H3,(H,31,34)/b26-24+. The third kappa shape index (κ3) is 22.9. The Morgan fingerprint density at radius 1 is 0.676 bits per heavy atom. The summed E-state index contributed by atoms with van der Waals surface area (Å²) in [6, 6.07) is -0.611. The summed E-state index contributed by atoms with van der Waals surface area (Å²) in [5.41, 5.74) is 0. The number of aliphatic hydroxyl groups excluding tert-OH is 2. The van der Waals surface area contributed by atoms with Crippen LogP contribution in [0.25, 0.3) is 0 Å². The fourth-order valence-electron chi connectivity index (χ4n) is 4.46. The summed E-state index contributed by atoms with van der Waals surface area (Å²) in [7, 11) is 0. The van der Waals surface area contributed by atoms with E-state index in [0.717, 1.165) is 19.3 Å². The molecule has 0 rings (SSSR count). The van der Waals surface area contributed by atoms with Crippen LogP contribution in [0.15, 0.2) is 12.2 Å². The molecule has 4 nitrogen and oxygen atoms in total. The maximum atomic E-state index is 11.6. The Kier molecular flexibility index (Phi) is 26.0. The van der Waals surface area contributed by atoms with Gasteiger partial charge in [-0.25, -0.2) is 0 Å². The third-order valence-corrected chi connectivity index (χ3v) is 6.74. The van der Waals surface area contributed by atoms with E-state index in [1.54, 1.807) is 6.08 Å². The Morgan fingerprint density at radius 2 is 1.09 bits per heavy atom. The first kappa shape index (κ1) is 33.1. The van der Waals surface area contributed by atoms with E-state index in [1.807, 2.05) is 13.0 Å². The van der Waals surface area contributed by atoms with Crippen molar-refractivity contribution in [2.75, 3.05) is 6.61 Å². The Balaban J connectivity index is 3.38. The minimum Gasteiger partial charge on any atom is -0.394 e. The molecule has 0 bridgehead atoms. The molecule has 34 heavy (non-hydrogen) atoms. The Bertz CT molecular complexity index is 452. The molecule has 0 aliphatic heterocycles. The van der Waals surface area contributed by atoms with E-state index in [2.05, 4.69) is 12.2 Å². The van der Waals surface area contributed by atoms with Crippen molar-refractivity contribution in [3.8, 4) is 0 Å². The fraction of sp³-hybridized carbons (Fsp3) is 0.900. The van der Waals surface area contributed by atoms with Gasteiger partial charge in [-0.1, -0.05) is 142 Å². The highest BCUT2D eigenvalue weighted by molar-refractivity contribution is 5.76. The van der Waals surface area contributed by atoms with Gasteiger partial charge >= 0.3 is 0 Å². The summed E-state index contributed by atoms with van der Waals surface area (Å²) >= 11 is 0. The molecule has 202 valence electrons. The van der Waals surface area contributed by atoms with Crippen molar-refractivity contribution in [3.05, 3.63) is 12.2 Å². The minimum atomic E-state index is -0.828. The van der Waals surface area contributed by atoms with Crippen molar-refractivity contribution in [3.63, 3.8) is 0 Å². The van der Waals surface area contributed by atoms with Gasteiger partial charge in [-0.05, 0) is 19.3 Å². The van der Waals surface area contributed by atoms with Crippen LogP contribution in [0.4, 0.5) is 0 Å². The number of carbonyl (C=O) groups is 1. The van der Waals surface area contributed by atoms with Crippen LogP contribution in [0.5, 0.6) is 0 Å². The van der Waals surface area contributed by atoms with E-state index < -0.39 is 12.1 Å². The first-order valence-electron chi connectivity index (χ1n) is 14.9. The average Bonchev–Trinajstić information content (AvgIpc) is 2.83. The molecule has 4 heteroatoms. The van der Waals surface area contributed by atoms with E-state index >= 15 is 0 Å². The van der Waals surface area contributed by atoms with Crippen LogP contribution in [0.2, 0.25) is 0 Å². The molecule has 3 N–H and O–H groups in total. The van der Waals surface area contributed by atoms with Crippen LogP contribution in [0, 0.1) is 0 Å². The fourth-order valence-corrected chi connectivity index (χ4v) is 4.46. The molecule has 0 heterocycles. The van der Waals surface area contributed by atoms with E-state index in [9.17, 15) is 15.0 Å². The summed E-state index contributed by atoms with van der Waals surface area (Å²) in [5.74, 6) is -0.118. The zero-order valence-corrected chi connectivity index (χ0v) is 22.9. The number of hydrogen-bond donors (Lipinski definition) is 3. The van der Waals surface area contributed by atoms with Gasteiger partial charge in [0.2, 0.25) is 5.91 Å². The monoisotopic (exact) mass is 481 g/mol. The highest BCUT2D eigenvalue weighted by Crippen LogP contribution is 2.15. The predicted octanol–water partition coefficient (Wildman–Crippen LogP) is 8.00. The number of aliphatic hydroxyl groups is 2. The molecule has 0 aliphatic rings. The third-order valence-electron chi connectivity index (χ3n) is 6.74. The van der Waals surface area contributed by atoms with Gasteiger partial charge in [0.1, 0.15) is 0 Å². The van der Waals surface area contributed by atoms with Crippen LogP contribution in [-0.4, -0.2) is 34.9 Å². The topological polar surface area (TPSA) is 69.6 Å². The lowest BCUT2D eigenvalue weighted by atomic mass is 10.0. The van der Waals surface area contributed by atoms with Crippen LogP contribution < -0.4 is 5.32 Å². The largest absolute Gasteiger partial charge is 0.394 e. The smallest absolute Gasteiger partial charge is 0.220 e. The average molecular weight is 482 g/mol. The van der Waals surface area contributed by atoms with Crippen molar-refractivity contribution >= 4 is 5.91 Å². The summed E-state index contributed by atoms with van der Waals surface area (Å²) in [6.07, 6.45) is 31.3. The molecule has 0 radical (unpaired) electrons. The number of hydrogen-bond acceptors (Lipinski definition) is 3. The van der Waals surface area contributed by atoms with Gasteiger partial charge in [-0.3, -0.25) is 4.79 Å². The normalized spacial score (nSPS) is 13.4. The summed E-state index contributed by atoms with van der Waals surface area (Å²) in [5, 5.41) is 22.2. The number of allylic oxidation sites excluding steroid dienone is 1. The van der Waals surface area contributed by atoms with Crippen LogP contribution >= 0.6 is 0 Å². The predicted molar refractivity (Wildman–Crippen MR) is 147 cm³/mol. The zero-order valence-electron chi connectivity index (χ0n) is 22.9. The lowest BCUT2D eigenvalue weighted by molar-refractivity contribution is -0.122. The van der Waals surface area contributed by atoms with Gasteiger partial charge in [0.05, 0.1) is 18.8 Å². The van der Waals surface area contributed by atoms with E-state index in [0.29, 0.717) is 6.42 Å². The number of nitrogens with one attached hydrogen (secondary N) is 1. The van der Waals surface area contributed by atoms with Crippen molar-refractivity contribution in [2.24, 2.45) is 0 Å². The quantitative estimate of drug-likeness (QED) is 0.0865. The van der Waals surface area contributed by atoms with Gasteiger partial charge in [-0.15, -0.1) is 0 Å². The molecule has 0 spiro atoms.